The number of ether oxygens (including phenoxy) is 1. The summed E-state index contributed by atoms with van der Waals surface area (Å²) in [6, 6.07) is 0. The molecule has 0 aromatic rings. The quantitative estimate of drug-likeness (QED) is 0.544. The molecule has 0 saturated heterocycles. The lowest BCUT2D eigenvalue weighted by Gasteiger charge is -2.24. The van der Waals surface area contributed by atoms with Crippen LogP contribution < -0.4 is 11.1 Å². The predicted molar refractivity (Wildman–Crippen MR) is 63.0 cm³/mol. The van der Waals surface area contributed by atoms with Crippen molar-refractivity contribution in [3.05, 3.63) is 0 Å². The van der Waals surface area contributed by atoms with E-state index in [4.69, 9.17) is 10.5 Å². The third kappa shape index (κ3) is 6.76. The van der Waals surface area contributed by atoms with Crippen LogP contribution in [0.4, 0.5) is 0 Å². The van der Waals surface area contributed by atoms with Crippen LogP contribution in [-0.2, 0) is 9.53 Å². The van der Waals surface area contributed by atoms with E-state index in [2.05, 4.69) is 5.32 Å². The number of nitrogens with one attached hydrogen (secondary N) is 1. The molecule has 0 saturated carbocycles. The molecule has 0 heterocycles. The molecule has 0 radical (unpaired) electrons. The van der Waals surface area contributed by atoms with Gasteiger partial charge in [0.05, 0.1) is 5.60 Å². The molecule has 0 aliphatic heterocycles. The fourth-order valence-electron chi connectivity index (χ4n) is 1.24. The van der Waals surface area contributed by atoms with E-state index in [-0.39, 0.29) is 18.4 Å². The highest BCUT2D eigenvalue weighted by atomic mass is 16.5. The Morgan fingerprint density at radius 1 is 1.62 bits per heavy atom. The Morgan fingerprint density at radius 2 is 2.25 bits per heavy atom. The molecule has 0 rings (SSSR count). The van der Waals surface area contributed by atoms with Crippen LogP contribution in [0.3, 0.4) is 0 Å². The van der Waals surface area contributed by atoms with E-state index < -0.39 is 5.60 Å². The molecule has 5 nitrogen and oxygen atoms in total. The molecule has 2 atom stereocenters. The maximum absolute atomic E-state index is 11.5. The normalized spacial score (nSPS) is 16.6. The molecule has 0 aliphatic rings. The predicted octanol–water partition coefficient (Wildman–Crippen LogP) is -0.125. The Labute approximate surface area is 97.3 Å². The summed E-state index contributed by atoms with van der Waals surface area (Å²) in [7, 11) is 1.58. The van der Waals surface area contributed by atoms with Gasteiger partial charge in [-0.1, -0.05) is 6.92 Å². The highest BCUT2D eigenvalue weighted by molar-refractivity contribution is 5.78. The molecule has 16 heavy (non-hydrogen) atoms. The Hall–Kier alpha value is -0.650. The monoisotopic (exact) mass is 232 g/mol. The van der Waals surface area contributed by atoms with Crippen LogP contribution in [0, 0.1) is 5.92 Å². The fourth-order valence-corrected chi connectivity index (χ4v) is 1.24. The van der Waals surface area contributed by atoms with Crippen molar-refractivity contribution in [1.82, 2.24) is 5.32 Å². The van der Waals surface area contributed by atoms with Crippen LogP contribution in [0.2, 0.25) is 0 Å². The SMILES string of the molecule is COCCC(C)(O)CNC(=O)C(C)CCN. The van der Waals surface area contributed by atoms with E-state index in [1.165, 1.54) is 0 Å². The average Bonchev–Trinajstić information content (AvgIpc) is 2.23. The van der Waals surface area contributed by atoms with Crippen LogP contribution in [0.5, 0.6) is 0 Å². The molecule has 0 aromatic heterocycles. The second-order valence-electron chi connectivity index (χ2n) is 4.44. The van der Waals surface area contributed by atoms with Gasteiger partial charge >= 0.3 is 0 Å². The zero-order valence-electron chi connectivity index (χ0n) is 10.5. The maximum atomic E-state index is 11.5. The number of amides is 1. The van der Waals surface area contributed by atoms with Gasteiger partial charge in [-0.05, 0) is 19.9 Å². The minimum atomic E-state index is -0.923. The molecular weight excluding hydrogens is 208 g/mol. The Morgan fingerprint density at radius 3 is 2.75 bits per heavy atom. The van der Waals surface area contributed by atoms with E-state index in [1.54, 1.807) is 14.0 Å². The molecule has 0 bridgehead atoms. The summed E-state index contributed by atoms with van der Waals surface area (Å²) in [5.41, 5.74) is 4.45. The van der Waals surface area contributed by atoms with Gasteiger partial charge in [-0.3, -0.25) is 4.79 Å². The molecule has 4 N–H and O–H groups in total. The van der Waals surface area contributed by atoms with Crippen LogP contribution in [0.15, 0.2) is 0 Å². The summed E-state index contributed by atoms with van der Waals surface area (Å²) in [5.74, 6) is -0.175. The molecule has 2 unspecified atom stereocenters. The number of methoxy groups -OCH3 is 1. The molecule has 96 valence electrons. The smallest absolute Gasteiger partial charge is 0.222 e. The number of carbonyl (C=O) groups is 1. The van der Waals surface area contributed by atoms with E-state index >= 15 is 0 Å². The average molecular weight is 232 g/mol. The first-order valence-electron chi connectivity index (χ1n) is 5.62. The van der Waals surface area contributed by atoms with E-state index in [0.29, 0.717) is 26.0 Å². The standard InChI is InChI=1S/C11H24N2O3/c1-9(4-6-12)10(14)13-8-11(2,15)5-7-16-3/h9,15H,4-8,12H2,1-3H3,(H,13,14). The summed E-state index contributed by atoms with van der Waals surface area (Å²) in [6.45, 7) is 4.71. The van der Waals surface area contributed by atoms with Crippen molar-refractivity contribution in [2.24, 2.45) is 11.7 Å². The number of hydrogen-bond acceptors (Lipinski definition) is 4. The van der Waals surface area contributed by atoms with E-state index in [1.807, 2.05) is 6.92 Å². The van der Waals surface area contributed by atoms with Crippen molar-refractivity contribution < 1.29 is 14.6 Å². The summed E-state index contributed by atoms with van der Waals surface area (Å²) in [4.78, 5) is 11.5. The number of rotatable bonds is 8. The van der Waals surface area contributed by atoms with Crippen molar-refractivity contribution in [1.29, 1.82) is 0 Å². The van der Waals surface area contributed by atoms with Crippen molar-refractivity contribution in [3.63, 3.8) is 0 Å². The molecule has 0 aliphatic carbocycles. The molecular formula is C11H24N2O3. The van der Waals surface area contributed by atoms with E-state index in [0.717, 1.165) is 0 Å². The van der Waals surface area contributed by atoms with E-state index in [9.17, 15) is 9.90 Å². The number of hydrogen-bond donors (Lipinski definition) is 3. The van der Waals surface area contributed by atoms with Crippen molar-refractivity contribution >= 4 is 5.91 Å². The highest BCUT2D eigenvalue weighted by Crippen LogP contribution is 2.08. The first-order valence-corrected chi connectivity index (χ1v) is 5.62. The lowest BCUT2D eigenvalue weighted by molar-refractivity contribution is -0.125. The fraction of sp³-hybridized carbons (Fsp3) is 0.909. The topological polar surface area (TPSA) is 84.6 Å². The molecule has 0 fully saturated rings. The minimum Gasteiger partial charge on any atom is -0.388 e. The molecule has 1 amide bonds. The maximum Gasteiger partial charge on any atom is 0.222 e. The van der Waals surface area contributed by atoms with Crippen LogP contribution in [-0.4, -0.2) is 43.4 Å². The minimum absolute atomic E-state index is 0.0665. The highest BCUT2D eigenvalue weighted by Gasteiger charge is 2.22. The van der Waals surface area contributed by atoms with Gasteiger partial charge in [-0.2, -0.15) is 0 Å². The Bertz CT molecular complexity index is 207. The molecule has 0 spiro atoms. The summed E-state index contributed by atoms with van der Waals surface area (Å²) >= 11 is 0. The zero-order chi connectivity index (χ0) is 12.6. The lowest BCUT2D eigenvalue weighted by atomic mass is 10.0. The number of nitrogens with two attached hydrogens (primary N) is 1. The summed E-state index contributed by atoms with van der Waals surface area (Å²) in [6.07, 6.45) is 1.15. The first-order chi connectivity index (χ1) is 7.43. The Balaban J connectivity index is 3.89. The van der Waals surface area contributed by atoms with Crippen LogP contribution in [0.25, 0.3) is 0 Å². The van der Waals surface area contributed by atoms with Gasteiger partial charge in [-0.25, -0.2) is 0 Å². The second-order valence-corrected chi connectivity index (χ2v) is 4.44. The molecule has 5 heteroatoms. The number of carbonyl (C=O) groups excluding carboxylic acids is 1. The van der Waals surface area contributed by atoms with Gasteiger partial charge in [0.1, 0.15) is 0 Å². The zero-order valence-corrected chi connectivity index (χ0v) is 10.5. The molecule has 0 aromatic carbocycles. The third-order valence-electron chi connectivity index (χ3n) is 2.54. The summed E-state index contributed by atoms with van der Waals surface area (Å²) < 4.78 is 4.88. The van der Waals surface area contributed by atoms with Crippen LogP contribution in [0.1, 0.15) is 26.7 Å². The van der Waals surface area contributed by atoms with Crippen molar-refractivity contribution in [3.8, 4) is 0 Å². The Kier molecular flexibility index (Phi) is 7.29. The van der Waals surface area contributed by atoms with Gasteiger partial charge < -0.3 is 20.9 Å². The lowest BCUT2D eigenvalue weighted by Crippen LogP contribution is -2.43. The van der Waals surface area contributed by atoms with Gasteiger partial charge in [0.2, 0.25) is 5.91 Å². The first kappa shape index (κ1) is 15.3. The van der Waals surface area contributed by atoms with Gasteiger partial charge in [0, 0.05) is 32.6 Å². The second kappa shape index (κ2) is 7.60. The van der Waals surface area contributed by atoms with Crippen molar-refractivity contribution in [2.75, 3.05) is 26.8 Å². The van der Waals surface area contributed by atoms with Gasteiger partial charge in [0.25, 0.3) is 0 Å². The van der Waals surface area contributed by atoms with Crippen LogP contribution >= 0.6 is 0 Å². The van der Waals surface area contributed by atoms with Gasteiger partial charge in [-0.15, -0.1) is 0 Å². The van der Waals surface area contributed by atoms with Crippen molar-refractivity contribution in [2.45, 2.75) is 32.3 Å². The third-order valence-corrected chi connectivity index (χ3v) is 2.54. The summed E-state index contributed by atoms with van der Waals surface area (Å²) in [5, 5.41) is 12.6. The van der Waals surface area contributed by atoms with Gasteiger partial charge in [0.15, 0.2) is 0 Å². The largest absolute Gasteiger partial charge is 0.388 e. The number of aliphatic hydroxyl groups is 1.